The predicted octanol–water partition coefficient (Wildman–Crippen LogP) is 2.99. The van der Waals surface area contributed by atoms with Crippen molar-refractivity contribution in [3.8, 4) is 0 Å². The van der Waals surface area contributed by atoms with Crippen molar-refractivity contribution in [2.45, 2.75) is 40.5 Å². The molecule has 1 saturated heterocycles. The fraction of sp³-hybridized carbons (Fsp3) is 0.571. The first-order valence-electron chi connectivity index (χ1n) is 9.66. The van der Waals surface area contributed by atoms with Crippen LogP contribution in [0.3, 0.4) is 0 Å². The highest BCUT2D eigenvalue weighted by Gasteiger charge is 2.25. The molecule has 1 aliphatic heterocycles. The average Bonchev–Trinajstić information content (AvgIpc) is 2.77. The molecule has 6 nitrogen and oxygen atoms in total. The molecule has 0 unspecified atom stereocenters. The summed E-state index contributed by atoms with van der Waals surface area (Å²) in [5.74, 6) is 1.13. The van der Waals surface area contributed by atoms with Gasteiger partial charge in [-0.05, 0) is 37.0 Å². The van der Waals surface area contributed by atoms with E-state index in [2.05, 4.69) is 25.8 Å². The molecular weight excluding hydrogens is 340 g/mol. The number of aryl methyl sites for hydroxylation is 2. The van der Waals surface area contributed by atoms with E-state index in [1.165, 1.54) is 0 Å². The van der Waals surface area contributed by atoms with Crippen LogP contribution in [0.15, 0.2) is 18.2 Å². The van der Waals surface area contributed by atoms with Gasteiger partial charge in [0, 0.05) is 45.2 Å². The zero-order chi connectivity index (χ0) is 19.8. The third-order valence-corrected chi connectivity index (χ3v) is 5.17. The highest BCUT2D eigenvalue weighted by Crippen LogP contribution is 2.21. The Kier molecular flexibility index (Phi) is 5.27. The van der Waals surface area contributed by atoms with Crippen LogP contribution in [-0.2, 0) is 11.8 Å². The Balaban J connectivity index is 1.70. The summed E-state index contributed by atoms with van der Waals surface area (Å²) in [6.45, 7) is 10.8. The molecule has 1 aromatic carbocycles. The molecule has 2 aromatic rings. The number of rotatable bonds is 2. The minimum atomic E-state index is -0.0187. The van der Waals surface area contributed by atoms with Crippen LogP contribution in [0.25, 0.3) is 11.0 Å². The van der Waals surface area contributed by atoms with E-state index in [-0.39, 0.29) is 17.2 Å². The SMILES string of the molecule is Cc1nc2cc(C(=O)N3CCCN(C(=O)CC(C)(C)C)CC3)ccc2n1C. The van der Waals surface area contributed by atoms with E-state index in [1.54, 1.807) is 0 Å². The standard InChI is InChI=1S/C21H30N4O2/c1-15-22-17-13-16(7-8-18(17)23(15)5)20(27)25-10-6-9-24(11-12-25)19(26)14-21(2,3)4/h7-8,13H,6,9-12,14H2,1-5H3. The van der Waals surface area contributed by atoms with Crippen molar-refractivity contribution < 1.29 is 9.59 Å². The second-order valence-corrected chi connectivity index (χ2v) is 8.69. The lowest BCUT2D eigenvalue weighted by molar-refractivity contribution is -0.132. The van der Waals surface area contributed by atoms with Crippen molar-refractivity contribution in [1.29, 1.82) is 0 Å². The monoisotopic (exact) mass is 370 g/mol. The topological polar surface area (TPSA) is 58.4 Å². The Morgan fingerprint density at radius 1 is 1.07 bits per heavy atom. The molecule has 3 rings (SSSR count). The number of hydrogen-bond acceptors (Lipinski definition) is 3. The Bertz CT molecular complexity index is 863. The van der Waals surface area contributed by atoms with E-state index in [9.17, 15) is 9.59 Å². The van der Waals surface area contributed by atoms with Crippen LogP contribution in [0.4, 0.5) is 0 Å². The predicted molar refractivity (Wildman–Crippen MR) is 107 cm³/mol. The lowest BCUT2D eigenvalue weighted by Crippen LogP contribution is -2.38. The lowest BCUT2D eigenvalue weighted by Gasteiger charge is -2.25. The minimum Gasteiger partial charge on any atom is -0.341 e. The van der Waals surface area contributed by atoms with Gasteiger partial charge in [0.1, 0.15) is 5.82 Å². The van der Waals surface area contributed by atoms with Crippen LogP contribution in [0.2, 0.25) is 0 Å². The first-order valence-corrected chi connectivity index (χ1v) is 9.66. The van der Waals surface area contributed by atoms with E-state index in [1.807, 2.05) is 46.5 Å². The van der Waals surface area contributed by atoms with Crippen LogP contribution in [0.1, 0.15) is 49.8 Å². The second-order valence-electron chi connectivity index (χ2n) is 8.69. The molecule has 0 N–H and O–H groups in total. The van der Waals surface area contributed by atoms with Crippen LogP contribution in [0, 0.1) is 12.3 Å². The van der Waals surface area contributed by atoms with Crippen molar-refractivity contribution in [2.24, 2.45) is 12.5 Å². The average molecular weight is 370 g/mol. The summed E-state index contributed by atoms with van der Waals surface area (Å²) in [4.78, 5) is 33.8. The van der Waals surface area contributed by atoms with E-state index in [0.29, 0.717) is 31.6 Å². The number of hydrogen-bond donors (Lipinski definition) is 0. The van der Waals surface area contributed by atoms with Crippen molar-refractivity contribution in [3.63, 3.8) is 0 Å². The Morgan fingerprint density at radius 2 is 1.74 bits per heavy atom. The molecule has 1 aliphatic rings. The van der Waals surface area contributed by atoms with Gasteiger partial charge in [-0.1, -0.05) is 20.8 Å². The van der Waals surface area contributed by atoms with Crippen molar-refractivity contribution in [3.05, 3.63) is 29.6 Å². The summed E-state index contributed by atoms with van der Waals surface area (Å²) in [6, 6.07) is 5.71. The molecule has 6 heteroatoms. The normalized spacial score (nSPS) is 15.9. The molecule has 2 heterocycles. The molecule has 0 atom stereocenters. The largest absolute Gasteiger partial charge is 0.341 e. The van der Waals surface area contributed by atoms with E-state index in [0.717, 1.165) is 29.8 Å². The maximum atomic E-state index is 13.0. The first-order chi connectivity index (χ1) is 12.7. The number of imidazole rings is 1. The van der Waals surface area contributed by atoms with Crippen molar-refractivity contribution in [1.82, 2.24) is 19.4 Å². The number of carbonyl (C=O) groups excluding carboxylic acids is 2. The molecule has 1 fully saturated rings. The Hall–Kier alpha value is -2.37. The molecular formula is C21H30N4O2. The van der Waals surface area contributed by atoms with Crippen LogP contribution in [0.5, 0.6) is 0 Å². The lowest BCUT2D eigenvalue weighted by atomic mass is 9.91. The third kappa shape index (κ3) is 4.31. The number of benzene rings is 1. The number of carbonyl (C=O) groups is 2. The summed E-state index contributed by atoms with van der Waals surface area (Å²) in [5, 5.41) is 0. The molecule has 2 amide bonds. The van der Waals surface area contributed by atoms with Crippen molar-refractivity contribution >= 4 is 22.8 Å². The van der Waals surface area contributed by atoms with Gasteiger partial charge < -0.3 is 14.4 Å². The van der Waals surface area contributed by atoms with E-state index < -0.39 is 0 Å². The van der Waals surface area contributed by atoms with E-state index >= 15 is 0 Å². The van der Waals surface area contributed by atoms with Crippen LogP contribution >= 0.6 is 0 Å². The fourth-order valence-electron chi connectivity index (χ4n) is 3.57. The Morgan fingerprint density at radius 3 is 2.44 bits per heavy atom. The molecule has 27 heavy (non-hydrogen) atoms. The molecule has 0 radical (unpaired) electrons. The third-order valence-electron chi connectivity index (χ3n) is 5.17. The molecule has 0 bridgehead atoms. The van der Waals surface area contributed by atoms with Gasteiger partial charge in [-0.3, -0.25) is 9.59 Å². The summed E-state index contributed by atoms with van der Waals surface area (Å²) in [7, 11) is 1.98. The van der Waals surface area contributed by atoms with Gasteiger partial charge in [-0.25, -0.2) is 4.98 Å². The van der Waals surface area contributed by atoms with Crippen molar-refractivity contribution in [2.75, 3.05) is 26.2 Å². The summed E-state index contributed by atoms with van der Waals surface area (Å²) in [6.07, 6.45) is 1.35. The molecule has 146 valence electrons. The number of fused-ring (bicyclic) bond motifs is 1. The highest BCUT2D eigenvalue weighted by molar-refractivity contribution is 5.97. The molecule has 1 aromatic heterocycles. The number of amides is 2. The molecule has 0 saturated carbocycles. The van der Waals surface area contributed by atoms with Gasteiger partial charge >= 0.3 is 0 Å². The van der Waals surface area contributed by atoms with Gasteiger partial charge in [0.05, 0.1) is 11.0 Å². The maximum absolute atomic E-state index is 13.0. The zero-order valence-corrected chi connectivity index (χ0v) is 17.1. The van der Waals surface area contributed by atoms with Gasteiger partial charge in [0.2, 0.25) is 5.91 Å². The summed E-state index contributed by atoms with van der Waals surface area (Å²) >= 11 is 0. The van der Waals surface area contributed by atoms with E-state index in [4.69, 9.17) is 0 Å². The fourth-order valence-corrected chi connectivity index (χ4v) is 3.57. The number of nitrogens with zero attached hydrogens (tertiary/aromatic N) is 4. The van der Waals surface area contributed by atoms with Gasteiger partial charge in [-0.15, -0.1) is 0 Å². The van der Waals surface area contributed by atoms with Gasteiger partial charge in [-0.2, -0.15) is 0 Å². The minimum absolute atomic E-state index is 0.0187. The van der Waals surface area contributed by atoms with Crippen LogP contribution < -0.4 is 0 Å². The van der Waals surface area contributed by atoms with Gasteiger partial charge in [0.15, 0.2) is 0 Å². The van der Waals surface area contributed by atoms with Gasteiger partial charge in [0.25, 0.3) is 5.91 Å². The molecule has 0 aliphatic carbocycles. The Labute approximate surface area is 161 Å². The second kappa shape index (κ2) is 7.33. The quantitative estimate of drug-likeness (QED) is 0.816. The molecule has 0 spiro atoms. The summed E-state index contributed by atoms with van der Waals surface area (Å²) in [5.41, 5.74) is 2.52. The number of aromatic nitrogens is 2. The highest BCUT2D eigenvalue weighted by atomic mass is 16.2. The maximum Gasteiger partial charge on any atom is 0.253 e. The first kappa shape index (κ1) is 19.4. The smallest absolute Gasteiger partial charge is 0.253 e. The summed E-state index contributed by atoms with van der Waals surface area (Å²) < 4.78 is 2.02. The zero-order valence-electron chi connectivity index (χ0n) is 17.1. The van der Waals surface area contributed by atoms with Crippen LogP contribution in [-0.4, -0.2) is 57.3 Å².